The van der Waals surface area contributed by atoms with Crippen molar-refractivity contribution in [2.45, 2.75) is 51.6 Å². The van der Waals surface area contributed by atoms with Gasteiger partial charge in [0.2, 0.25) is 5.91 Å². The number of aliphatic imine (C=N–C) groups is 1. The highest BCUT2D eigenvalue weighted by Gasteiger charge is 2.24. The molecule has 1 aromatic heterocycles. The van der Waals surface area contributed by atoms with E-state index in [0.717, 1.165) is 57.2 Å². The van der Waals surface area contributed by atoms with E-state index in [9.17, 15) is 4.79 Å². The lowest BCUT2D eigenvalue weighted by Crippen LogP contribution is -2.48. The van der Waals surface area contributed by atoms with E-state index in [4.69, 9.17) is 4.74 Å². The van der Waals surface area contributed by atoms with Gasteiger partial charge >= 0.3 is 0 Å². The molecule has 3 heterocycles. The molecular weight excluding hydrogens is 358 g/mol. The largest absolute Gasteiger partial charge is 0.381 e. The topological polar surface area (TPSA) is 96.7 Å². The SMILES string of the molecule is CC(C)c1nc2n(n1)CC(NC(=NCC(=O)N(C)C)NCC1CCOC1)CC2. The first-order chi connectivity index (χ1) is 13.4. The number of ether oxygens (including phenoxy) is 1. The lowest BCUT2D eigenvalue weighted by atomic mass is 10.1. The molecule has 2 aliphatic heterocycles. The van der Waals surface area contributed by atoms with Crippen LogP contribution in [0.1, 0.15) is 44.3 Å². The monoisotopic (exact) mass is 391 g/mol. The number of nitrogens with zero attached hydrogens (tertiary/aromatic N) is 5. The maximum absolute atomic E-state index is 12.0. The van der Waals surface area contributed by atoms with Crippen molar-refractivity contribution in [1.82, 2.24) is 30.3 Å². The van der Waals surface area contributed by atoms with Crippen LogP contribution in [-0.2, 0) is 22.5 Å². The van der Waals surface area contributed by atoms with Crippen molar-refractivity contribution in [3.8, 4) is 0 Å². The van der Waals surface area contributed by atoms with Crippen LogP contribution in [0.2, 0.25) is 0 Å². The molecule has 0 radical (unpaired) electrons. The number of aryl methyl sites for hydroxylation is 1. The van der Waals surface area contributed by atoms with Crippen molar-refractivity contribution in [3.05, 3.63) is 11.6 Å². The molecule has 2 aliphatic rings. The molecule has 156 valence electrons. The minimum absolute atomic E-state index is 0.0194. The Balaban J connectivity index is 1.62. The number of rotatable bonds is 6. The lowest BCUT2D eigenvalue weighted by molar-refractivity contribution is -0.127. The molecule has 3 rings (SSSR count). The molecule has 9 nitrogen and oxygen atoms in total. The highest BCUT2D eigenvalue weighted by Crippen LogP contribution is 2.17. The maximum atomic E-state index is 12.0. The number of likely N-dealkylation sites (N-methyl/N-ethyl adjacent to an activating group) is 1. The smallest absolute Gasteiger partial charge is 0.243 e. The summed E-state index contributed by atoms with van der Waals surface area (Å²) in [6.45, 7) is 7.50. The van der Waals surface area contributed by atoms with Gasteiger partial charge in [0.05, 0.1) is 13.2 Å². The summed E-state index contributed by atoms with van der Waals surface area (Å²) in [5.74, 6) is 3.43. The Bertz CT molecular complexity index is 692. The fourth-order valence-corrected chi connectivity index (χ4v) is 3.31. The number of aromatic nitrogens is 3. The van der Waals surface area contributed by atoms with Crippen LogP contribution in [0.4, 0.5) is 0 Å². The number of carbonyl (C=O) groups excluding carboxylic acids is 1. The number of guanidine groups is 1. The summed E-state index contributed by atoms with van der Waals surface area (Å²) in [4.78, 5) is 22.7. The van der Waals surface area contributed by atoms with Gasteiger partial charge < -0.3 is 20.3 Å². The molecular formula is C19H33N7O2. The molecule has 1 fully saturated rings. The van der Waals surface area contributed by atoms with Gasteiger partial charge in [-0.3, -0.25) is 4.79 Å². The Morgan fingerprint density at radius 3 is 2.89 bits per heavy atom. The van der Waals surface area contributed by atoms with Crippen molar-refractivity contribution >= 4 is 11.9 Å². The van der Waals surface area contributed by atoms with E-state index < -0.39 is 0 Å². The first-order valence-corrected chi connectivity index (χ1v) is 10.2. The summed E-state index contributed by atoms with van der Waals surface area (Å²) in [5.41, 5.74) is 0. The number of hydrogen-bond acceptors (Lipinski definition) is 5. The average molecular weight is 392 g/mol. The van der Waals surface area contributed by atoms with Gasteiger partial charge in [0, 0.05) is 51.5 Å². The van der Waals surface area contributed by atoms with Gasteiger partial charge in [-0.1, -0.05) is 13.8 Å². The molecule has 0 saturated carbocycles. The quantitative estimate of drug-likeness (QED) is 0.537. The van der Waals surface area contributed by atoms with Crippen LogP contribution in [-0.4, -0.2) is 78.0 Å². The second-order valence-electron chi connectivity index (χ2n) is 8.17. The molecule has 9 heteroatoms. The van der Waals surface area contributed by atoms with Gasteiger partial charge in [0.15, 0.2) is 11.8 Å². The molecule has 2 unspecified atom stereocenters. The standard InChI is InChI=1S/C19H33N7O2/c1-13(2)18-23-16-6-5-15(11-26(16)24-18)22-19(21-10-17(27)25(3)4)20-9-14-7-8-28-12-14/h13-15H,5-12H2,1-4H3,(H2,20,21,22). The Hall–Kier alpha value is -2.16. The highest BCUT2D eigenvalue weighted by atomic mass is 16.5. The normalized spacial score (nSPS) is 22.2. The number of fused-ring (bicyclic) bond motifs is 1. The molecule has 2 atom stereocenters. The van der Waals surface area contributed by atoms with Crippen molar-refractivity contribution in [2.75, 3.05) is 40.4 Å². The molecule has 2 N–H and O–H groups in total. The molecule has 1 saturated heterocycles. The van der Waals surface area contributed by atoms with Gasteiger partial charge in [-0.15, -0.1) is 0 Å². The van der Waals surface area contributed by atoms with Gasteiger partial charge in [-0.05, 0) is 12.8 Å². The van der Waals surface area contributed by atoms with E-state index in [-0.39, 0.29) is 18.5 Å². The molecule has 0 aromatic carbocycles. The van der Waals surface area contributed by atoms with Gasteiger partial charge in [-0.2, -0.15) is 5.10 Å². The fraction of sp³-hybridized carbons (Fsp3) is 0.789. The second-order valence-corrected chi connectivity index (χ2v) is 8.17. The summed E-state index contributed by atoms with van der Waals surface area (Å²) < 4.78 is 7.45. The van der Waals surface area contributed by atoms with E-state index in [1.54, 1.807) is 19.0 Å². The summed E-state index contributed by atoms with van der Waals surface area (Å²) in [6, 6.07) is 0.203. The molecule has 0 aliphatic carbocycles. The van der Waals surface area contributed by atoms with Crippen LogP contribution in [0.25, 0.3) is 0 Å². The van der Waals surface area contributed by atoms with Gasteiger partial charge in [-0.25, -0.2) is 14.7 Å². The molecule has 28 heavy (non-hydrogen) atoms. The minimum Gasteiger partial charge on any atom is -0.381 e. The van der Waals surface area contributed by atoms with Crippen LogP contribution in [0, 0.1) is 5.92 Å². The van der Waals surface area contributed by atoms with Crippen LogP contribution in [0.5, 0.6) is 0 Å². The zero-order valence-corrected chi connectivity index (χ0v) is 17.4. The van der Waals surface area contributed by atoms with Crippen molar-refractivity contribution in [3.63, 3.8) is 0 Å². The number of amides is 1. The number of hydrogen-bond donors (Lipinski definition) is 2. The Morgan fingerprint density at radius 2 is 2.21 bits per heavy atom. The predicted octanol–water partition coefficient (Wildman–Crippen LogP) is 0.376. The van der Waals surface area contributed by atoms with E-state index in [0.29, 0.717) is 17.8 Å². The van der Waals surface area contributed by atoms with E-state index in [1.165, 1.54) is 0 Å². The van der Waals surface area contributed by atoms with Gasteiger partial charge in [0.1, 0.15) is 12.4 Å². The zero-order valence-electron chi connectivity index (χ0n) is 17.4. The summed E-state index contributed by atoms with van der Waals surface area (Å²) in [6.07, 6.45) is 2.91. The van der Waals surface area contributed by atoms with Crippen molar-refractivity contribution in [2.24, 2.45) is 10.9 Å². The zero-order chi connectivity index (χ0) is 20.1. The van der Waals surface area contributed by atoms with Crippen LogP contribution < -0.4 is 10.6 Å². The van der Waals surface area contributed by atoms with Crippen LogP contribution >= 0.6 is 0 Å². The molecule has 0 spiro atoms. The highest BCUT2D eigenvalue weighted by molar-refractivity contribution is 5.84. The number of nitrogens with one attached hydrogen (secondary N) is 2. The van der Waals surface area contributed by atoms with E-state index in [1.807, 2.05) is 4.68 Å². The minimum atomic E-state index is -0.0194. The first kappa shape index (κ1) is 20.6. The van der Waals surface area contributed by atoms with E-state index >= 15 is 0 Å². The summed E-state index contributed by atoms with van der Waals surface area (Å²) >= 11 is 0. The summed E-state index contributed by atoms with van der Waals surface area (Å²) in [5, 5.41) is 11.5. The Labute approximate surface area is 166 Å². The van der Waals surface area contributed by atoms with Crippen molar-refractivity contribution in [1.29, 1.82) is 0 Å². The Kier molecular flexibility index (Phi) is 6.88. The summed E-state index contributed by atoms with van der Waals surface area (Å²) in [7, 11) is 3.49. The van der Waals surface area contributed by atoms with E-state index in [2.05, 4.69) is 39.6 Å². The van der Waals surface area contributed by atoms with Crippen LogP contribution in [0.15, 0.2) is 4.99 Å². The van der Waals surface area contributed by atoms with Crippen LogP contribution in [0.3, 0.4) is 0 Å². The molecule has 1 amide bonds. The third-order valence-electron chi connectivity index (χ3n) is 5.19. The van der Waals surface area contributed by atoms with Crippen molar-refractivity contribution < 1.29 is 9.53 Å². The van der Waals surface area contributed by atoms with Gasteiger partial charge in [0.25, 0.3) is 0 Å². The average Bonchev–Trinajstić information content (AvgIpc) is 3.32. The number of carbonyl (C=O) groups is 1. The lowest BCUT2D eigenvalue weighted by Gasteiger charge is -2.26. The predicted molar refractivity (Wildman–Crippen MR) is 107 cm³/mol. The third kappa shape index (κ3) is 5.43. The molecule has 0 bridgehead atoms. The second kappa shape index (κ2) is 9.36. The Morgan fingerprint density at radius 1 is 1.39 bits per heavy atom. The third-order valence-corrected chi connectivity index (χ3v) is 5.19. The first-order valence-electron chi connectivity index (χ1n) is 10.2. The molecule has 1 aromatic rings. The fourth-order valence-electron chi connectivity index (χ4n) is 3.31. The maximum Gasteiger partial charge on any atom is 0.243 e.